The third-order valence-electron chi connectivity index (χ3n) is 2.95. The minimum Gasteiger partial charge on any atom is -0.460 e. The zero-order valence-electron chi connectivity index (χ0n) is 9.90. The lowest BCUT2D eigenvalue weighted by Crippen LogP contribution is -2.38. The molecule has 5 nitrogen and oxygen atoms in total. The summed E-state index contributed by atoms with van der Waals surface area (Å²) < 4.78 is 5.76. The van der Waals surface area contributed by atoms with Gasteiger partial charge < -0.3 is 9.64 Å². The first kappa shape index (κ1) is 11.4. The number of piperidine rings is 1. The molecule has 1 aliphatic rings. The molecule has 0 atom stereocenters. The van der Waals surface area contributed by atoms with Crippen LogP contribution in [0.15, 0.2) is 30.0 Å². The van der Waals surface area contributed by atoms with Gasteiger partial charge in [-0.2, -0.15) is 0 Å². The van der Waals surface area contributed by atoms with Gasteiger partial charge in [0.15, 0.2) is 5.13 Å². The summed E-state index contributed by atoms with van der Waals surface area (Å²) in [5.41, 5.74) is 0. The van der Waals surface area contributed by atoms with Gasteiger partial charge in [0.05, 0.1) is 0 Å². The maximum absolute atomic E-state index is 5.76. The summed E-state index contributed by atoms with van der Waals surface area (Å²) in [6.45, 7) is 1.95. The fraction of sp³-hybridized carbons (Fsp3) is 0.417. The Morgan fingerprint density at radius 1 is 1.11 bits per heavy atom. The van der Waals surface area contributed by atoms with Gasteiger partial charge in [-0.15, -0.1) is 11.3 Å². The van der Waals surface area contributed by atoms with Crippen LogP contribution in [0.3, 0.4) is 0 Å². The summed E-state index contributed by atoms with van der Waals surface area (Å²) in [4.78, 5) is 14.8. The molecule has 18 heavy (non-hydrogen) atoms. The van der Waals surface area contributed by atoms with E-state index >= 15 is 0 Å². The number of hydrogen-bond acceptors (Lipinski definition) is 6. The first-order chi connectivity index (χ1) is 8.92. The van der Waals surface area contributed by atoms with Crippen LogP contribution in [0, 0.1) is 0 Å². The number of anilines is 1. The summed E-state index contributed by atoms with van der Waals surface area (Å²) in [5.74, 6) is 0. The van der Waals surface area contributed by atoms with Crippen molar-refractivity contribution in [2.24, 2.45) is 0 Å². The molecule has 0 aromatic carbocycles. The van der Waals surface area contributed by atoms with Crippen molar-refractivity contribution in [2.75, 3.05) is 18.0 Å². The van der Waals surface area contributed by atoms with Gasteiger partial charge in [0.2, 0.25) is 0 Å². The molecular weight excluding hydrogens is 248 g/mol. The quantitative estimate of drug-likeness (QED) is 0.846. The fourth-order valence-electron chi connectivity index (χ4n) is 2.03. The van der Waals surface area contributed by atoms with Crippen LogP contribution < -0.4 is 9.64 Å². The molecule has 0 saturated carbocycles. The lowest BCUT2D eigenvalue weighted by Gasteiger charge is -2.31. The lowest BCUT2D eigenvalue weighted by molar-refractivity contribution is 0.156. The zero-order valence-corrected chi connectivity index (χ0v) is 10.7. The highest BCUT2D eigenvalue weighted by atomic mass is 32.1. The van der Waals surface area contributed by atoms with Gasteiger partial charge in [-0.1, -0.05) is 0 Å². The van der Waals surface area contributed by atoms with Crippen molar-refractivity contribution in [1.29, 1.82) is 0 Å². The third kappa shape index (κ3) is 2.59. The van der Waals surface area contributed by atoms with Crippen LogP contribution in [-0.4, -0.2) is 34.1 Å². The fourth-order valence-corrected chi connectivity index (χ4v) is 2.73. The van der Waals surface area contributed by atoms with Gasteiger partial charge >= 0.3 is 6.01 Å². The molecule has 0 radical (unpaired) electrons. The SMILES string of the molecule is c1cnc(OC2CCN(c3nccs3)CC2)nc1. The van der Waals surface area contributed by atoms with Gasteiger partial charge in [-0.05, 0) is 6.07 Å². The number of hydrogen-bond donors (Lipinski definition) is 0. The molecule has 6 heteroatoms. The minimum absolute atomic E-state index is 0.212. The molecule has 0 spiro atoms. The van der Waals surface area contributed by atoms with Crippen LogP contribution in [0.4, 0.5) is 5.13 Å². The second-order valence-corrected chi connectivity index (χ2v) is 5.02. The van der Waals surface area contributed by atoms with Gasteiger partial charge in [-0.3, -0.25) is 0 Å². The summed E-state index contributed by atoms with van der Waals surface area (Å²) >= 11 is 1.68. The van der Waals surface area contributed by atoms with Crippen molar-refractivity contribution < 1.29 is 4.74 Å². The Morgan fingerprint density at radius 2 is 1.89 bits per heavy atom. The van der Waals surface area contributed by atoms with Crippen LogP contribution in [0.5, 0.6) is 6.01 Å². The van der Waals surface area contributed by atoms with E-state index in [1.807, 2.05) is 11.6 Å². The Bertz CT molecular complexity index is 468. The van der Waals surface area contributed by atoms with E-state index in [2.05, 4.69) is 19.9 Å². The average Bonchev–Trinajstić information content (AvgIpc) is 2.95. The van der Waals surface area contributed by atoms with Crippen LogP contribution in [0.2, 0.25) is 0 Å². The number of nitrogens with zero attached hydrogens (tertiary/aromatic N) is 4. The first-order valence-corrected chi connectivity index (χ1v) is 6.88. The normalized spacial score (nSPS) is 16.8. The molecule has 0 amide bonds. The van der Waals surface area contributed by atoms with E-state index in [4.69, 9.17) is 4.74 Å². The standard InChI is InChI=1S/C12H14N4OS/c1-4-13-11(14-5-1)17-10-2-7-16(8-3-10)12-15-6-9-18-12/h1,4-6,9-10H,2-3,7-8H2. The topological polar surface area (TPSA) is 51.1 Å². The number of rotatable bonds is 3. The molecule has 0 aliphatic carbocycles. The highest BCUT2D eigenvalue weighted by Gasteiger charge is 2.22. The van der Waals surface area contributed by atoms with E-state index < -0.39 is 0 Å². The first-order valence-electron chi connectivity index (χ1n) is 6.00. The third-order valence-corrected chi connectivity index (χ3v) is 3.78. The predicted octanol–water partition coefficient (Wildman–Crippen LogP) is 1.98. The van der Waals surface area contributed by atoms with E-state index in [1.54, 1.807) is 29.8 Å². The Labute approximate surface area is 109 Å². The van der Waals surface area contributed by atoms with Crippen molar-refractivity contribution in [3.63, 3.8) is 0 Å². The van der Waals surface area contributed by atoms with Gasteiger partial charge in [-0.25, -0.2) is 15.0 Å². The summed E-state index contributed by atoms with van der Waals surface area (Å²) in [7, 11) is 0. The second-order valence-electron chi connectivity index (χ2n) is 4.15. The van der Waals surface area contributed by atoms with Crippen LogP contribution in [0.1, 0.15) is 12.8 Å². The minimum atomic E-state index is 0.212. The largest absolute Gasteiger partial charge is 0.460 e. The van der Waals surface area contributed by atoms with Gasteiger partial charge in [0, 0.05) is 49.9 Å². The number of ether oxygens (including phenoxy) is 1. The Hall–Kier alpha value is -1.69. The Balaban J connectivity index is 1.54. The smallest absolute Gasteiger partial charge is 0.316 e. The molecule has 0 N–H and O–H groups in total. The van der Waals surface area contributed by atoms with E-state index in [-0.39, 0.29) is 6.10 Å². The molecule has 0 bridgehead atoms. The molecule has 94 valence electrons. The lowest BCUT2D eigenvalue weighted by atomic mass is 10.1. The highest BCUT2D eigenvalue weighted by molar-refractivity contribution is 7.13. The van der Waals surface area contributed by atoms with Gasteiger partial charge in [0.1, 0.15) is 6.10 Å². The number of aromatic nitrogens is 3. The van der Waals surface area contributed by atoms with E-state index in [9.17, 15) is 0 Å². The molecule has 3 heterocycles. The molecule has 1 aliphatic heterocycles. The molecule has 2 aromatic heterocycles. The Kier molecular flexibility index (Phi) is 3.36. The molecule has 3 rings (SSSR count). The maximum Gasteiger partial charge on any atom is 0.316 e. The van der Waals surface area contributed by atoms with Crippen molar-refractivity contribution in [1.82, 2.24) is 15.0 Å². The van der Waals surface area contributed by atoms with Crippen LogP contribution in [0.25, 0.3) is 0 Å². The summed E-state index contributed by atoms with van der Waals surface area (Å²) in [6.07, 6.45) is 7.43. The zero-order chi connectivity index (χ0) is 12.2. The molecule has 1 fully saturated rings. The van der Waals surface area contributed by atoms with E-state index in [0.717, 1.165) is 31.1 Å². The summed E-state index contributed by atoms with van der Waals surface area (Å²) in [6, 6.07) is 2.27. The average molecular weight is 262 g/mol. The predicted molar refractivity (Wildman–Crippen MR) is 70.0 cm³/mol. The van der Waals surface area contributed by atoms with Crippen molar-refractivity contribution in [3.05, 3.63) is 30.0 Å². The Morgan fingerprint density at radius 3 is 2.56 bits per heavy atom. The number of thiazole rings is 1. The van der Waals surface area contributed by atoms with E-state index in [0.29, 0.717) is 6.01 Å². The van der Waals surface area contributed by atoms with Crippen molar-refractivity contribution in [2.45, 2.75) is 18.9 Å². The van der Waals surface area contributed by atoms with E-state index in [1.165, 1.54) is 0 Å². The van der Waals surface area contributed by atoms with Crippen molar-refractivity contribution >= 4 is 16.5 Å². The molecule has 1 saturated heterocycles. The van der Waals surface area contributed by atoms with Gasteiger partial charge in [0.25, 0.3) is 0 Å². The molecular formula is C12H14N4OS. The summed E-state index contributed by atoms with van der Waals surface area (Å²) in [5, 5.41) is 3.11. The maximum atomic E-state index is 5.76. The van der Waals surface area contributed by atoms with Crippen molar-refractivity contribution in [3.8, 4) is 6.01 Å². The molecule has 2 aromatic rings. The highest BCUT2D eigenvalue weighted by Crippen LogP contribution is 2.23. The molecule has 0 unspecified atom stereocenters. The van der Waals surface area contributed by atoms with Crippen LogP contribution >= 0.6 is 11.3 Å². The monoisotopic (exact) mass is 262 g/mol. The second kappa shape index (κ2) is 5.30. The van der Waals surface area contributed by atoms with Crippen LogP contribution in [-0.2, 0) is 0 Å².